The SMILES string of the molecule is Cc1cc2n(n1)CCN(C(=O)[C@H]1OCC(=O)N[C@@H]1c1ccccc1Cl)C2. The van der Waals surface area contributed by atoms with E-state index in [2.05, 4.69) is 10.4 Å². The van der Waals surface area contributed by atoms with E-state index in [0.717, 1.165) is 11.4 Å². The highest BCUT2D eigenvalue weighted by Crippen LogP contribution is 2.30. The van der Waals surface area contributed by atoms with Crippen molar-refractivity contribution in [3.8, 4) is 0 Å². The molecule has 1 saturated heterocycles. The van der Waals surface area contributed by atoms with Gasteiger partial charge in [0.2, 0.25) is 5.91 Å². The summed E-state index contributed by atoms with van der Waals surface area (Å²) in [4.78, 5) is 26.8. The summed E-state index contributed by atoms with van der Waals surface area (Å²) in [5.74, 6) is -0.411. The first-order chi connectivity index (χ1) is 12.5. The molecule has 8 heteroatoms. The fourth-order valence-electron chi connectivity index (χ4n) is 3.51. The summed E-state index contributed by atoms with van der Waals surface area (Å²) < 4.78 is 7.56. The molecule has 0 radical (unpaired) electrons. The van der Waals surface area contributed by atoms with E-state index in [0.29, 0.717) is 30.2 Å². The van der Waals surface area contributed by atoms with E-state index >= 15 is 0 Å². The van der Waals surface area contributed by atoms with Gasteiger partial charge in [0.15, 0.2) is 6.10 Å². The standard InChI is InChI=1S/C18H19ClN4O3/c1-11-8-12-9-22(6-7-23(12)21-11)18(25)17-16(20-15(24)10-26-17)13-4-2-3-5-14(13)19/h2-5,8,16-17H,6-7,9-10H2,1H3,(H,20,24)/t16-,17+/m1/s1. The molecule has 1 aromatic carbocycles. The highest BCUT2D eigenvalue weighted by Gasteiger charge is 2.40. The van der Waals surface area contributed by atoms with Crippen LogP contribution >= 0.6 is 11.6 Å². The van der Waals surface area contributed by atoms with Crippen LogP contribution in [-0.4, -0.2) is 45.8 Å². The molecule has 2 atom stereocenters. The van der Waals surface area contributed by atoms with Crippen molar-refractivity contribution < 1.29 is 14.3 Å². The number of nitrogens with zero attached hydrogens (tertiary/aromatic N) is 3. The van der Waals surface area contributed by atoms with Crippen molar-refractivity contribution in [3.05, 3.63) is 52.3 Å². The molecule has 1 N–H and O–H groups in total. The second kappa shape index (κ2) is 6.74. The van der Waals surface area contributed by atoms with Gasteiger partial charge in [0.05, 0.1) is 30.5 Å². The van der Waals surface area contributed by atoms with Crippen LogP contribution in [0.25, 0.3) is 0 Å². The fourth-order valence-corrected chi connectivity index (χ4v) is 3.77. The van der Waals surface area contributed by atoms with E-state index in [4.69, 9.17) is 16.3 Å². The molecule has 3 heterocycles. The van der Waals surface area contributed by atoms with Crippen LogP contribution in [-0.2, 0) is 27.4 Å². The number of hydrogen-bond donors (Lipinski definition) is 1. The van der Waals surface area contributed by atoms with Gasteiger partial charge in [-0.1, -0.05) is 29.8 Å². The second-order valence-corrected chi connectivity index (χ2v) is 6.97. The van der Waals surface area contributed by atoms with Crippen molar-refractivity contribution in [1.82, 2.24) is 20.0 Å². The molecule has 0 bridgehead atoms. The Morgan fingerprint density at radius 2 is 2.15 bits per heavy atom. The Kier molecular flexibility index (Phi) is 4.42. The number of fused-ring (bicyclic) bond motifs is 1. The van der Waals surface area contributed by atoms with Crippen LogP contribution in [0.1, 0.15) is 23.0 Å². The van der Waals surface area contributed by atoms with Crippen LogP contribution in [0, 0.1) is 6.92 Å². The van der Waals surface area contributed by atoms with Gasteiger partial charge in [-0.3, -0.25) is 14.3 Å². The van der Waals surface area contributed by atoms with E-state index in [9.17, 15) is 9.59 Å². The highest BCUT2D eigenvalue weighted by atomic mass is 35.5. The predicted octanol–water partition coefficient (Wildman–Crippen LogP) is 1.44. The number of carbonyl (C=O) groups excluding carboxylic acids is 2. The largest absolute Gasteiger partial charge is 0.356 e. The molecule has 136 valence electrons. The molecule has 2 aliphatic rings. The maximum absolute atomic E-state index is 13.1. The van der Waals surface area contributed by atoms with Crippen LogP contribution < -0.4 is 5.32 Å². The van der Waals surface area contributed by atoms with Gasteiger partial charge in [0.1, 0.15) is 6.61 Å². The summed E-state index contributed by atoms with van der Waals surface area (Å²) in [6.07, 6.45) is -0.803. The Morgan fingerprint density at radius 3 is 2.96 bits per heavy atom. The number of benzene rings is 1. The number of amides is 2. The topological polar surface area (TPSA) is 76.5 Å². The Morgan fingerprint density at radius 1 is 1.35 bits per heavy atom. The minimum atomic E-state index is -0.803. The summed E-state index contributed by atoms with van der Waals surface area (Å²) in [5.41, 5.74) is 2.61. The Hall–Kier alpha value is -2.38. The smallest absolute Gasteiger partial charge is 0.254 e. The molecule has 2 amide bonds. The van der Waals surface area contributed by atoms with Gasteiger partial charge in [-0.05, 0) is 24.6 Å². The Labute approximate surface area is 155 Å². The zero-order valence-corrected chi connectivity index (χ0v) is 15.1. The molecule has 2 aromatic rings. The summed E-state index contributed by atoms with van der Waals surface area (Å²) in [6.45, 7) is 3.47. The van der Waals surface area contributed by atoms with E-state index in [-0.39, 0.29) is 18.4 Å². The molecule has 1 aromatic heterocycles. The van der Waals surface area contributed by atoms with E-state index in [1.54, 1.807) is 17.0 Å². The van der Waals surface area contributed by atoms with Crippen molar-refractivity contribution in [2.45, 2.75) is 32.2 Å². The van der Waals surface area contributed by atoms with Crippen molar-refractivity contribution in [2.75, 3.05) is 13.2 Å². The molecular formula is C18H19ClN4O3. The van der Waals surface area contributed by atoms with Gasteiger partial charge in [0, 0.05) is 11.6 Å². The van der Waals surface area contributed by atoms with Crippen LogP contribution in [0.5, 0.6) is 0 Å². The Bertz CT molecular complexity index is 866. The molecule has 0 spiro atoms. The first kappa shape index (κ1) is 17.1. The molecule has 1 fully saturated rings. The number of carbonyl (C=O) groups is 2. The van der Waals surface area contributed by atoms with Crippen molar-refractivity contribution in [1.29, 1.82) is 0 Å². The van der Waals surface area contributed by atoms with Gasteiger partial charge in [-0.2, -0.15) is 5.10 Å². The summed E-state index contributed by atoms with van der Waals surface area (Å²) in [6, 6.07) is 8.55. The third kappa shape index (κ3) is 3.08. The molecule has 0 unspecified atom stereocenters. The third-order valence-corrected chi connectivity index (χ3v) is 5.07. The number of ether oxygens (including phenoxy) is 1. The number of rotatable bonds is 2. The normalized spacial score (nSPS) is 22.7. The summed E-state index contributed by atoms with van der Waals surface area (Å²) in [5, 5.41) is 7.76. The minimum absolute atomic E-state index is 0.137. The number of halogens is 1. The average molecular weight is 375 g/mol. The number of morpholine rings is 1. The molecule has 0 saturated carbocycles. The molecule has 7 nitrogen and oxygen atoms in total. The quantitative estimate of drug-likeness (QED) is 0.863. The molecule has 2 aliphatic heterocycles. The van der Waals surface area contributed by atoms with Gasteiger partial charge in [0.25, 0.3) is 5.91 Å². The first-order valence-corrected chi connectivity index (χ1v) is 8.88. The van der Waals surface area contributed by atoms with Gasteiger partial charge >= 0.3 is 0 Å². The van der Waals surface area contributed by atoms with Crippen LogP contribution in [0.4, 0.5) is 0 Å². The Balaban J connectivity index is 1.59. The maximum Gasteiger partial charge on any atom is 0.254 e. The molecular weight excluding hydrogens is 356 g/mol. The maximum atomic E-state index is 13.1. The lowest BCUT2D eigenvalue weighted by Crippen LogP contribution is -2.54. The van der Waals surface area contributed by atoms with Crippen molar-refractivity contribution >= 4 is 23.4 Å². The lowest BCUT2D eigenvalue weighted by atomic mass is 9.98. The fraction of sp³-hybridized carbons (Fsp3) is 0.389. The zero-order valence-electron chi connectivity index (χ0n) is 14.3. The second-order valence-electron chi connectivity index (χ2n) is 6.56. The van der Waals surface area contributed by atoms with Crippen molar-refractivity contribution in [3.63, 3.8) is 0 Å². The van der Waals surface area contributed by atoms with Crippen LogP contribution in [0.3, 0.4) is 0 Å². The monoisotopic (exact) mass is 374 g/mol. The number of hydrogen-bond acceptors (Lipinski definition) is 4. The first-order valence-electron chi connectivity index (χ1n) is 8.50. The number of nitrogens with one attached hydrogen (secondary N) is 1. The van der Waals surface area contributed by atoms with Crippen molar-refractivity contribution in [2.24, 2.45) is 0 Å². The lowest BCUT2D eigenvalue weighted by Gasteiger charge is -2.36. The van der Waals surface area contributed by atoms with Gasteiger partial charge in [-0.15, -0.1) is 0 Å². The van der Waals surface area contributed by atoms with E-state index in [1.165, 1.54) is 0 Å². The highest BCUT2D eigenvalue weighted by molar-refractivity contribution is 6.31. The molecule has 26 heavy (non-hydrogen) atoms. The predicted molar refractivity (Wildman–Crippen MR) is 94.5 cm³/mol. The molecule has 4 rings (SSSR count). The average Bonchev–Trinajstić information content (AvgIpc) is 3.00. The van der Waals surface area contributed by atoms with Crippen LogP contribution in [0.15, 0.2) is 30.3 Å². The minimum Gasteiger partial charge on any atom is -0.356 e. The van der Waals surface area contributed by atoms with E-state index in [1.807, 2.05) is 29.8 Å². The van der Waals surface area contributed by atoms with Gasteiger partial charge in [-0.25, -0.2) is 0 Å². The number of aryl methyl sites for hydroxylation is 1. The summed E-state index contributed by atoms with van der Waals surface area (Å²) in [7, 11) is 0. The van der Waals surface area contributed by atoms with E-state index < -0.39 is 12.1 Å². The summed E-state index contributed by atoms with van der Waals surface area (Å²) >= 11 is 6.29. The van der Waals surface area contributed by atoms with Gasteiger partial charge < -0.3 is 15.0 Å². The zero-order chi connectivity index (χ0) is 18.3. The third-order valence-electron chi connectivity index (χ3n) is 4.73. The number of aromatic nitrogens is 2. The van der Waals surface area contributed by atoms with Crippen LogP contribution in [0.2, 0.25) is 5.02 Å². The lowest BCUT2D eigenvalue weighted by molar-refractivity contribution is -0.156. The molecule has 0 aliphatic carbocycles.